The van der Waals surface area contributed by atoms with Gasteiger partial charge in [0.1, 0.15) is 5.82 Å². The molecule has 2 aromatic carbocycles. The van der Waals surface area contributed by atoms with Crippen LogP contribution >= 0.6 is 11.6 Å². The van der Waals surface area contributed by atoms with Gasteiger partial charge in [0.2, 0.25) is 0 Å². The molecule has 0 bridgehead atoms. The van der Waals surface area contributed by atoms with Gasteiger partial charge in [0.25, 0.3) is 0 Å². The van der Waals surface area contributed by atoms with Crippen LogP contribution in [0.15, 0.2) is 36.4 Å². The number of nitrogens with one attached hydrogen (secondary N) is 2. The van der Waals surface area contributed by atoms with Crippen molar-refractivity contribution in [2.24, 2.45) is 0 Å². The van der Waals surface area contributed by atoms with Crippen molar-refractivity contribution in [1.82, 2.24) is 15.3 Å². The summed E-state index contributed by atoms with van der Waals surface area (Å²) in [5, 5.41) is 4.00. The predicted molar refractivity (Wildman–Crippen MR) is 95.8 cm³/mol. The molecule has 5 nitrogen and oxygen atoms in total. The molecule has 3 rings (SSSR count). The molecular formula is C18H20ClN3O2. The molecule has 1 aromatic heterocycles. The van der Waals surface area contributed by atoms with E-state index in [2.05, 4.69) is 15.3 Å². The number of nitrogens with zero attached hydrogens (tertiary/aromatic N) is 1. The molecule has 0 saturated heterocycles. The van der Waals surface area contributed by atoms with Crippen molar-refractivity contribution in [1.29, 1.82) is 0 Å². The molecule has 1 heterocycles. The predicted octanol–water partition coefficient (Wildman–Crippen LogP) is 3.91. The molecule has 0 aliphatic carbocycles. The van der Waals surface area contributed by atoms with Gasteiger partial charge in [-0.25, -0.2) is 4.98 Å². The summed E-state index contributed by atoms with van der Waals surface area (Å²) < 4.78 is 10.9. The van der Waals surface area contributed by atoms with Crippen LogP contribution in [0.25, 0.3) is 11.0 Å². The van der Waals surface area contributed by atoms with Crippen LogP contribution in [0.3, 0.4) is 0 Å². The van der Waals surface area contributed by atoms with Crippen LogP contribution < -0.4 is 14.8 Å². The molecule has 6 heteroatoms. The van der Waals surface area contributed by atoms with E-state index in [1.165, 1.54) is 0 Å². The normalized spacial score (nSPS) is 11.0. The summed E-state index contributed by atoms with van der Waals surface area (Å²) in [4.78, 5) is 7.84. The minimum atomic E-state index is 0.573. The molecule has 2 N–H and O–H groups in total. The average molecular weight is 346 g/mol. The Kier molecular flexibility index (Phi) is 5.23. The number of imidazole rings is 1. The highest BCUT2D eigenvalue weighted by Crippen LogP contribution is 2.33. The van der Waals surface area contributed by atoms with Crippen LogP contribution in [0.4, 0.5) is 0 Å². The molecule has 0 aliphatic heterocycles. The minimum absolute atomic E-state index is 0.573. The molecule has 3 aromatic rings. The number of H-pyrrole nitrogens is 1. The summed E-state index contributed by atoms with van der Waals surface area (Å²) in [5.74, 6) is 2.23. The number of hydrogen-bond donors (Lipinski definition) is 2. The number of aromatic nitrogens is 2. The molecule has 0 spiro atoms. The quantitative estimate of drug-likeness (QED) is 0.681. The standard InChI is InChI=1S/C18H20ClN3O2/c1-3-24-17-8-12(13(19)9-16(17)23-2)10-20-11-18-21-14-6-4-5-7-15(14)22-18/h4-9,20H,3,10-11H2,1-2H3,(H,21,22). The van der Waals surface area contributed by atoms with Gasteiger partial charge in [0, 0.05) is 17.6 Å². The molecule has 0 aliphatic rings. The number of methoxy groups -OCH3 is 1. The maximum absolute atomic E-state index is 6.33. The monoisotopic (exact) mass is 345 g/mol. The largest absolute Gasteiger partial charge is 0.493 e. The maximum Gasteiger partial charge on any atom is 0.162 e. The highest BCUT2D eigenvalue weighted by molar-refractivity contribution is 6.31. The van der Waals surface area contributed by atoms with E-state index in [0.29, 0.717) is 36.2 Å². The second kappa shape index (κ2) is 7.55. The molecule has 0 fully saturated rings. The van der Waals surface area contributed by atoms with Crippen molar-refractivity contribution >= 4 is 22.6 Å². The van der Waals surface area contributed by atoms with E-state index in [1.807, 2.05) is 37.3 Å². The second-order valence-electron chi connectivity index (χ2n) is 5.33. The van der Waals surface area contributed by atoms with E-state index in [-0.39, 0.29) is 0 Å². The van der Waals surface area contributed by atoms with Crippen LogP contribution in [-0.2, 0) is 13.1 Å². The van der Waals surface area contributed by atoms with Gasteiger partial charge in [0.15, 0.2) is 11.5 Å². The van der Waals surface area contributed by atoms with E-state index in [4.69, 9.17) is 21.1 Å². The zero-order valence-electron chi connectivity index (χ0n) is 13.7. The van der Waals surface area contributed by atoms with Crippen molar-refractivity contribution in [3.8, 4) is 11.5 Å². The molecule has 24 heavy (non-hydrogen) atoms. The van der Waals surface area contributed by atoms with Gasteiger partial charge in [0.05, 0.1) is 31.3 Å². The average Bonchev–Trinajstić information content (AvgIpc) is 3.00. The Morgan fingerprint density at radius 1 is 1.17 bits per heavy atom. The van der Waals surface area contributed by atoms with Crippen LogP contribution in [0.1, 0.15) is 18.3 Å². The number of para-hydroxylation sites is 2. The smallest absolute Gasteiger partial charge is 0.162 e. The van der Waals surface area contributed by atoms with Crippen LogP contribution in [0.5, 0.6) is 11.5 Å². The summed E-state index contributed by atoms with van der Waals surface area (Å²) >= 11 is 6.33. The first-order chi connectivity index (χ1) is 11.7. The lowest BCUT2D eigenvalue weighted by atomic mass is 10.2. The first kappa shape index (κ1) is 16.6. The Balaban J connectivity index is 1.68. The van der Waals surface area contributed by atoms with Gasteiger partial charge in [-0.3, -0.25) is 0 Å². The summed E-state index contributed by atoms with van der Waals surface area (Å²) in [6.45, 7) is 3.75. The van der Waals surface area contributed by atoms with E-state index in [9.17, 15) is 0 Å². The third-order valence-electron chi connectivity index (χ3n) is 3.68. The number of rotatable bonds is 7. The lowest BCUT2D eigenvalue weighted by Crippen LogP contribution is -2.14. The number of hydrogen-bond acceptors (Lipinski definition) is 4. The van der Waals surface area contributed by atoms with Crippen molar-refractivity contribution in [3.63, 3.8) is 0 Å². The van der Waals surface area contributed by atoms with Gasteiger partial charge in [-0.15, -0.1) is 0 Å². The highest BCUT2D eigenvalue weighted by atomic mass is 35.5. The SMILES string of the molecule is CCOc1cc(CNCc2nc3ccccc3[nH]2)c(Cl)cc1OC. The van der Waals surface area contributed by atoms with E-state index in [0.717, 1.165) is 22.4 Å². The second-order valence-corrected chi connectivity index (χ2v) is 5.74. The van der Waals surface area contributed by atoms with Gasteiger partial charge >= 0.3 is 0 Å². The van der Waals surface area contributed by atoms with Crippen LogP contribution in [-0.4, -0.2) is 23.7 Å². The molecule has 0 atom stereocenters. The summed E-state index contributed by atoms with van der Waals surface area (Å²) in [6.07, 6.45) is 0. The third kappa shape index (κ3) is 3.63. The van der Waals surface area contributed by atoms with Crippen LogP contribution in [0, 0.1) is 0 Å². The van der Waals surface area contributed by atoms with E-state index < -0.39 is 0 Å². The Morgan fingerprint density at radius 2 is 2.00 bits per heavy atom. The van der Waals surface area contributed by atoms with E-state index in [1.54, 1.807) is 13.2 Å². The topological polar surface area (TPSA) is 59.2 Å². The fourth-order valence-electron chi connectivity index (χ4n) is 2.55. The molecule has 0 amide bonds. The van der Waals surface area contributed by atoms with Gasteiger partial charge in [-0.2, -0.15) is 0 Å². The van der Waals surface area contributed by atoms with Gasteiger partial charge in [-0.1, -0.05) is 23.7 Å². The molecule has 0 saturated carbocycles. The lowest BCUT2D eigenvalue weighted by molar-refractivity contribution is 0.310. The number of halogens is 1. The fraction of sp³-hybridized carbons (Fsp3) is 0.278. The maximum atomic E-state index is 6.33. The van der Waals surface area contributed by atoms with Gasteiger partial charge in [-0.05, 0) is 30.7 Å². The first-order valence-electron chi connectivity index (χ1n) is 7.84. The highest BCUT2D eigenvalue weighted by Gasteiger charge is 2.10. The molecule has 126 valence electrons. The number of aromatic amines is 1. The fourth-order valence-corrected chi connectivity index (χ4v) is 2.77. The zero-order valence-corrected chi connectivity index (χ0v) is 14.5. The molecular weight excluding hydrogens is 326 g/mol. The van der Waals surface area contributed by atoms with Crippen molar-refractivity contribution in [3.05, 3.63) is 52.8 Å². The summed E-state index contributed by atoms with van der Waals surface area (Å²) in [5.41, 5.74) is 2.96. The zero-order chi connectivity index (χ0) is 16.9. The third-order valence-corrected chi connectivity index (χ3v) is 4.03. The molecule has 0 unspecified atom stereocenters. The number of ether oxygens (including phenoxy) is 2. The van der Waals surface area contributed by atoms with Crippen molar-refractivity contribution in [2.45, 2.75) is 20.0 Å². The number of fused-ring (bicyclic) bond motifs is 1. The molecule has 0 radical (unpaired) electrons. The van der Waals surface area contributed by atoms with Gasteiger partial charge < -0.3 is 19.8 Å². The Bertz CT molecular complexity index is 799. The lowest BCUT2D eigenvalue weighted by Gasteiger charge is -2.13. The van der Waals surface area contributed by atoms with Crippen LogP contribution in [0.2, 0.25) is 5.02 Å². The van der Waals surface area contributed by atoms with E-state index >= 15 is 0 Å². The number of benzene rings is 2. The Labute approximate surface area is 146 Å². The summed E-state index contributed by atoms with van der Waals surface area (Å²) in [7, 11) is 1.60. The Hall–Kier alpha value is -2.24. The Morgan fingerprint density at radius 3 is 2.75 bits per heavy atom. The van der Waals surface area contributed by atoms with Crippen molar-refractivity contribution in [2.75, 3.05) is 13.7 Å². The minimum Gasteiger partial charge on any atom is -0.493 e. The first-order valence-corrected chi connectivity index (χ1v) is 8.22. The summed E-state index contributed by atoms with van der Waals surface area (Å²) in [6, 6.07) is 11.7. The van der Waals surface area contributed by atoms with Crippen molar-refractivity contribution < 1.29 is 9.47 Å².